The van der Waals surface area contributed by atoms with Crippen LogP contribution >= 0.6 is 0 Å². The van der Waals surface area contributed by atoms with Crippen LogP contribution in [0.3, 0.4) is 0 Å². The first kappa shape index (κ1) is 27.8. The van der Waals surface area contributed by atoms with Crippen molar-refractivity contribution >= 4 is 27.6 Å². The molecule has 2 saturated heterocycles. The van der Waals surface area contributed by atoms with Gasteiger partial charge in [-0.3, -0.25) is 25.3 Å². The van der Waals surface area contributed by atoms with Crippen LogP contribution in [0.2, 0.25) is 5.04 Å². The van der Waals surface area contributed by atoms with Crippen LogP contribution in [0.25, 0.3) is 0 Å². The minimum absolute atomic E-state index is 0.0318. The Kier molecular flexibility index (Phi) is 8.24. The maximum absolute atomic E-state index is 13.0. The second-order valence-electron chi connectivity index (χ2n) is 11.5. The lowest BCUT2D eigenvalue weighted by molar-refractivity contribution is -0.140. The third-order valence-corrected chi connectivity index (χ3v) is 8.33. The fourth-order valence-corrected chi connectivity index (χ4v) is 5.54. The van der Waals surface area contributed by atoms with Crippen LogP contribution in [0.4, 0.5) is 4.79 Å². The number of imidazole rings is 1. The van der Waals surface area contributed by atoms with E-state index in [1.807, 2.05) is 44.2 Å². The van der Waals surface area contributed by atoms with Gasteiger partial charge in [0.1, 0.15) is 30.6 Å². The van der Waals surface area contributed by atoms with Crippen molar-refractivity contribution in [2.24, 2.45) is 0 Å². The topological polar surface area (TPSA) is 118 Å². The summed E-state index contributed by atoms with van der Waals surface area (Å²) >= 11 is 0. The fraction of sp³-hybridized carbons (Fsp3) is 0.538. The van der Waals surface area contributed by atoms with E-state index in [1.54, 1.807) is 17.0 Å². The number of fused-ring (bicyclic) bond motifs is 2. The largest absolute Gasteiger partial charge is 0.411 e. The average molecular weight is 543 g/mol. The minimum Gasteiger partial charge on any atom is -0.411 e. The standard InChI is InChI=1S/C26H38N6O5Si/c1-25(2,3)38-37-26(4,5)23-27-13-14-30(23)16-21(33)28-29-22(34)20-12-11-19-15-31(20)24(35)32(19)36-17-18-9-7-6-8-10-18/h6-10,13-14,19-20H,11-12,15-17,38H2,1-5H3,(H,28,33)(H,29,34)/t19-,20+/m1/s1. The molecule has 4 amide bonds. The first-order chi connectivity index (χ1) is 17.9. The molecule has 0 radical (unpaired) electrons. The van der Waals surface area contributed by atoms with E-state index in [-0.39, 0.29) is 30.3 Å². The maximum Gasteiger partial charge on any atom is 0.345 e. The van der Waals surface area contributed by atoms with Crippen LogP contribution in [0.5, 0.6) is 0 Å². The van der Waals surface area contributed by atoms with Crippen molar-refractivity contribution < 1.29 is 23.6 Å². The van der Waals surface area contributed by atoms with Crippen molar-refractivity contribution in [1.29, 1.82) is 0 Å². The number of urea groups is 1. The molecule has 38 heavy (non-hydrogen) atoms. The predicted octanol–water partition coefficient (Wildman–Crippen LogP) is 1.98. The number of piperidine rings is 1. The maximum atomic E-state index is 13.0. The molecule has 1 aromatic heterocycles. The number of nitrogens with zero attached hydrogens (tertiary/aromatic N) is 4. The molecular formula is C26H38N6O5Si. The first-order valence-electron chi connectivity index (χ1n) is 13.0. The van der Waals surface area contributed by atoms with Crippen molar-refractivity contribution in [2.75, 3.05) is 6.54 Å². The molecule has 0 aliphatic carbocycles. The molecule has 2 N–H and O–H groups in total. The molecule has 2 bridgehead atoms. The van der Waals surface area contributed by atoms with Crippen LogP contribution in [0.15, 0.2) is 42.7 Å². The van der Waals surface area contributed by atoms with E-state index in [0.29, 0.717) is 25.2 Å². The van der Waals surface area contributed by atoms with Crippen molar-refractivity contribution in [1.82, 2.24) is 30.4 Å². The number of carbonyl (C=O) groups excluding carboxylic acids is 3. The molecule has 2 atom stereocenters. The van der Waals surface area contributed by atoms with Crippen LogP contribution in [0, 0.1) is 0 Å². The van der Waals surface area contributed by atoms with Gasteiger partial charge in [-0.15, -0.1) is 0 Å². The highest BCUT2D eigenvalue weighted by molar-refractivity contribution is 6.31. The van der Waals surface area contributed by atoms with Gasteiger partial charge >= 0.3 is 6.03 Å². The van der Waals surface area contributed by atoms with Gasteiger partial charge in [0.25, 0.3) is 11.8 Å². The molecule has 11 nitrogen and oxygen atoms in total. The van der Waals surface area contributed by atoms with Gasteiger partial charge in [-0.25, -0.2) is 9.78 Å². The number of carbonyl (C=O) groups is 3. The number of hydrogen-bond donors (Lipinski definition) is 2. The summed E-state index contributed by atoms with van der Waals surface area (Å²) in [7, 11) is -0.837. The van der Waals surface area contributed by atoms with Crippen molar-refractivity contribution in [2.45, 2.75) is 83.3 Å². The second-order valence-corrected chi connectivity index (χ2v) is 14.2. The van der Waals surface area contributed by atoms with Gasteiger partial charge in [0, 0.05) is 18.9 Å². The molecule has 2 aromatic rings. The number of aromatic nitrogens is 2. The van der Waals surface area contributed by atoms with Gasteiger partial charge in [-0.05, 0) is 37.3 Å². The normalized spacial score (nSPS) is 19.9. The van der Waals surface area contributed by atoms with Gasteiger partial charge in [-0.2, -0.15) is 5.06 Å². The number of rotatable bonds is 9. The van der Waals surface area contributed by atoms with E-state index >= 15 is 0 Å². The molecule has 3 heterocycles. The second kappa shape index (κ2) is 11.3. The number of hydroxylamine groups is 2. The van der Waals surface area contributed by atoms with Gasteiger partial charge in [-0.1, -0.05) is 51.1 Å². The molecule has 1 aromatic carbocycles. The summed E-state index contributed by atoms with van der Waals surface area (Å²) in [5.74, 6) is -0.191. The number of benzene rings is 1. The molecule has 0 unspecified atom stereocenters. The molecule has 0 saturated carbocycles. The smallest absolute Gasteiger partial charge is 0.345 e. The van der Waals surface area contributed by atoms with Gasteiger partial charge in [0.2, 0.25) is 0 Å². The van der Waals surface area contributed by atoms with Crippen LogP contribution < -0.4 is 10.9 Å². The summed E-state index contributed by atoms with van der Waals surface area (Å²) in [4.78, 5) is 50.3. The zero-order valence-electron chi connectivity index (χ0n) is 22.8. The van der Waals surface area contributed by atoms with Crippen molar-refractivity contribution in [3.8, 4) is 0 Å². The van der Waals surface area contributed by atoms with Crippen LogP contribution in [-0.4, -0.2) is 65.8 Å². The molecule has 2 aliphatic rings. The Labute approximate surface area is 225 Å². The summed E-state index contributed by atoms with van der Waals surface area (Å²) in [6.07, 6.45) is 4.47. The molecule has 2 fully saturated rings. The summed E-state index contributed by atoms with van der Waals surface area (Å²) in [6, 6.07) is 8.50. The lowest BCUT2D eigenvalue weighted by atomic mass is 10.0. The highest BCUT2D eigenvalue weighted by Gasteiger charge is 2.48. The van der Waals surface area contributed by atoms with E-state index in [9.17, 15) is 14.4 Å². The molecular weight excluding hydrogens is 504 g/mol. The third kappa shape index (κ3) is 6.61. The van der Waals surface area contributed by atoms with E-state index in [1.165, 1.54) is 9.96 Å². The molecule has 2 aliphatic heterocycles. The lowest BCUT2D eigenvalue weighted by Crippen LogP contribution is -2.54. The Morgan fingerprint density at radius 1 is 1.11 bits per heavy atom. The average Bonchev–Trinajstić information content (AvgIpc) is 3.43. The third-order valence-electron chi connectivity index (χ3n) is 6.60. The SMILES string of the molecule is CC(C)(C)[SiH2]OC(C)(C)c1nccn1CC(=O)NNC(=O)[C@@H]1CC[C@@H]2CN1C(=O)N2OCc1ccccc1. The predicted molar refractivity (Wildman–Crippen MR) is 143 cm³/mol. The zero-order valence-corrected chi connectivity index (χ0v) is 24.2. The van der Waals surface area contributed by atoms with E-state index in [0.717, 1.165) is 5.56 Å². The number of nitrogens with one attached hydrogen (secondary N) is 2. The number of amides is 4. The van der Waals surface area contributed by atoms with Gasteiger partial charge in [0.15, 0.2) is 9.76 Å². The van der Waals surface area contributed by atoms with E-state index < -0.39 is 33.2 Å². The highest BCUT2D eigenvalue weighted by Crippen LogP contribution is 2.31. The lowest BCUT2D eigenvalue weighted by Gasteiger charge is -2.30. The van der Waals surface area contributed by atoms with Gasteiger partial charge in [0.05, 0.1) is 6.04 Å². The molecule has 0 spiro atoms. The summed E-state index contributed by atoms with van der Waals surface area (Å²) in [5.41, 5.74) is 5.29. The Morgan fingerprint density at radius 3 is 2.55 bits per heavy atom. The number of hydrogen-bond acceptors (Lipinski definition) is 6. The van der Waals surface area contributed by atoms with Gasteiger partial charge < -0.3 is 13.9 Å². The Morgan fingerprint density at radius 2 is 1.84 bits per heavy atom. The Bertz CT molecular complexity index is 1150. The molecule has 206 valence electrons. The summed E-state index contributed by atoms with van der Waals surface area (Å²) < 4.78 is 7.95. The monoisotopic (exact) mass is 542 g/mol. The molecule has 4 rings (SSSR count). The Hall–Kier alpha value is -3.22. The number of hydrazine groups is 1. The molecule has 12 heteroatoms. The zero-order chi connectivity index (χ0) is 27.5. The first-order valence-corrected chi connectivity index (χ1v) is 14.2. The fourth-order valence-electron chi connectivity index (χ4n) is 4.62. The minimum atomic E-state index is -0.837. The summed E-state index contributed by atoms with van der Waals surface area (Å²) in [5, 5.41) is 1.50. The van der Waals surface area contributed by atoms with Crippen LogP contribution in [-0.2, 0) is 37.6 Å². The highest BCUT2D eigenvalue weighted by atomic mass is 28.2. The quantitative estimate of drug-likeness (QED) is 0.370. The van der Waals surface area contributed by atoms with E-state index in [2.05, 4.69) is 36.6 Å². The van der Waals surface area contributed by atoms with Crippen LogP contribution in [0.1, 0.15) is 58.8 Å². The summed E-state index contributed by atoms with van der Waals surface area (Å²) in [6.45, 7) is 11.0. The van der Waals surface area contributed by atoms with Crippen molar-refractivity contribution in [3.63, 3.8) is 0 Å². The van der Waals surface area contributed by atoms with Crippen molar-refractivity contribution in [3.05, 3.63) is 54.1 Å². The Balaban J connectivity index is 1.28. The van der Waals surface area contributed by atoms with E-state index in [4.69, 9.17) is 9.26 Å².